The number of alkyl carbamates (subject to hydrolysis) is 1. The summed E-state index contributed by atoms with van der Waals surface area (Å²) >= 11 is 0. The van der Waals surface area contributed by atoms with Crippen molar-refractivity contribution in [2.24, 2.45) is 0 Å². The molecule has 2 rings (SSSR count). The Balaban J connectivity index is 1.88. The number of benzene rings is 1. The van der Waals surface area contributed by atoms with Crippen molar-refractivity contribution < 1.29 is 14.5 Å². The van der Waals surface area contributed by atoms with Gasteiger partial charge in [0.1, 0.15) is 12.8 Å². The van der Waals surface area contributed by atoms with Crippen LogP contribution in [0.15, 0.2) is 42.6 Å². The Labute approximate surface area is 127 Å². The highest BCUT2D eigenvalue weighted by molar-refractivity contribution is 5.67. The summed E-state index contributed by atoms with van der Waals surface area (Å²) in [6, 6.07) is 10.7. The van der Waals surface area contributed by atoms with Crippen molar-refractivity contribution in [2.75, 3.05) is 0 Å². The van der Waals surface area contributed by atoms with Crippen LogP contribution in [-0.2, 0) is 17.9 Å². The van der Waals surface area contributed by atoms with Gasteiger partial charge < -0.3 is 10.1 Å². The van der Waals surface area contributed by atoms with Crippen LogP contribution in [0, 0.1) is 17.0 Å². The first-order valence-corrected chi connectivity index (χ1v) is 6.60. The molecule has 0 saturated heterocycles. The Morgan fingerprint density at radius 3 is 2.77 bits per heavy atom. The number of ether oxygens (including phenoxy) is 1. The molecule has 1 aromatic carbocycles. The van der Waals surface area contributed by atoms with Gasteiger partial charge in [-0.3, -0.25) is 15.1 Å². The number of amides is 1. The van der Waals surface area contributed by atoms with E-state index < -0.39 is 11.0 Å². The van der Waals surface area contributed by atoms with Crippen molar-refractivity contribution in [2.45, 2.75) is 20.1 Å². The number of aromatic nitrogens is 1. The van der Waals surface area contributed by atoms with E-state index in [9.17, 15) is 14.9 Å². The fraction of sp³-hybridized carbons (Fsp3) is 0.200. The first-order chi connectivity index (χ1) is 10.6. The maximum atomic E-state index is 11.6. The second-order valence-electron chi connectivity index (χ2n) is 4.61. The molecule has 0 saturated carbocycles. The standard InChI is InChI=1S/C15H15N3O4/c1-11-13(7-14(9-16-11)18(20)21)8-17-15(19)22-10-12-5-3-2-4-6-12/h2-7,9H,8,10H2,1H3,(H,17,19). The van der Waals surface area contributed by atoms with Crippen LogP contribution in [0.1, 0.15) is 16.8 Å². The maximum absolute atomic E-state index is 11.6. The van der Waals surface area contributed by atoms with E-state index in [1.54, 1.807) is 6.92 Å². The first kappa shape index (κ1) is 15.4. The number of nitro groups is 1. The zero-order chi connectivity index (χ0) is 15.9. The lowest BCUT2D eigenvalue weighted by atomic mass is 10.2. The molecule has 1 heterocycles. The summed E-state index contributed by atoms with van der Waals surface area (Å²) in [6.45, 7) is 2.00. The highest BCUT2D eigenvalue weighted by Crippen LogP contribution is 2.14. The van der Waals surface area contributed by atoms with E-state index in [2.05, 4.69) is 10.3 Å². The SMILES string of the molecule is Cc1ncc([N+](=O)[O-])cc1CNC(=O)OCc1ccccc1. The summed E-state index contributed by atoms with van der Waals surface area (Å²) < 4.78 is 5.06. The maximum Gasteiger partial charge on any atom is 0.407 e. The summed E-state index contributed by atoms with van der Waals surface area (Å²) in [7, 11) is 0. The van der Waals surface area contributed by atoms with Crippen LogP contribution >= 0.6 is 0 Å². The molecule has 1 N–H and O–H groups in total. The van der Waals surface area contributed by atoms with Gasteiger partial charge >= 0.3 is 6.09 Å². The van der Waals surface area contributed by atoms with Crippen LogP contribution in [0.25, 0.3) is 0 Å². The lowest BCUT2D eigenvalue weighted by Gasteiger charge is -2.08. The molecular weight excluding hydrogens is 286 g/mol. The van der Waals surface area contributed by atoms with E-state index >= 15 is 0 Å². The number of hydrogen-bond acceptors (Lipinski definition) is 5. The molecular formula is C15H15N3O4. The number of rotatable bonds is 5. The lowest BCUT2D eigenvalue weighted by Crippen LogP contribution is -2.24. The van der Waals surface area contributed by atoms with Crippen molar-refractivity contribution >= 4 is 11.8 Å². The second kappa shape index (κ2) is 7.16. The Bertz CT molecular complexity index is 674. The fourth-order valence-corrected chi connectivity index (χ4v) is 1.79. The molecule has 7 nitrogen and oxygen atoms in total. The number of nitrogens with one attached hydrogen (secondary N) is 1. The number of carbonyl (C=O) groups is 1. The summed E-state index contributed by atoms with van der Waals surface area (Å²) in [5, 5.41) is 13.3. The second-order valence-corrected chi connectivity index (χ2v) is 4.61. The van der Waals surface area contributed by atoms with E-state index in [0.717, 1.165) is 5.56 Å². The lowest BCUT2D eigenvalue weighted by molar-refractivity contribution is -0.385. The highest BCUT2D eigenvalue weighted by atomic mass is 16.6. The minimum absolute atomic E-state index is 0.111. The largest absolute Gasteiger partial charge is 0.445 e. The molecule has 0 fully saturated rings. The van der Waals surface area contributed by atoms with Gasteiger partial charge in [-0.2, -0.15) is 0 Å². The summed E-state index contributed by atoms with van der Waals surface area (Å²) in [5.41, 5.74) is 1.96. The van der Waals surface area contributed by atoms with Crippen molar-refractivity contribution in [3.05, 3.63) is 69.5 Å². The minimum Gasteiger partial charge on any atom is -0.445 e. The molecule has 0 spiro atoms. The van der Waals surface area contributed by atoms with E-state index in [1.165, 1.54) is 12.3 Å². The third-order valence-corrected chi connectivity index (χ3v) is 3.02. The van der Waals surface area contributed by atoms with Gasteiger partial charge in [0.15, 0.2) is 0 Å². The molecule has 0 bridgehead atoms. The number of aryl methyl sites for hydroxylation is 1. The zero-order valence-corrected chi connectivity index (χ0v) is 12.0. The third kappa shape index (κ3) is 4.27. The molecule has 0 aliphatic heterocycles. The molecule has 1 aromatic heterocycles. The topological polar surface area (TPSA) is 94.4 Å². The van der Waals surface area contributed by atoms with Crippen LogP contribution in [-0.4, -0.2) is 16.0 Å². The van der Waals surface area contributed by atoms with Gasteiger partial charge in [-0.25, -0.2) is 4.79 Å². The van der Waals surface area contributed by atoms with Crippen LogP contribution in [0.3, 0.4) is 0 Å². The minimum atomic E-state index is -0.588. The first-order valence-electron chi connectivity index (χ1n) is 6.60. The fourth-order valence-electron chi connectivity index (χ4n) is 1.79. The smallest absolute Gasteiger partial charge is 0.407 e. The number of carbonyl (C=O) groups excluding carboxylic acids is 1. The van der Waals surface area contributed by atoms with Gasteiger partial charge in [0.2, 0.25) is 0 Å². The Morgan fingerprint density at radius 2 is 2.09 bits per heavy atom. The van der Waals surface area contributed by atoms with Crippen LogP contribution in [0.4, 0.5) is 10.5 Å². The average molecular weight is 301 g/mol. The predicted molar refractivity (Wildman–Crippen MR) is 79.1 cm³/mol. The van der Waals surface area contributed by atoms with Crippen molar-refractivity contribution in [3.63, 3.8) is 0 Å². The molecule has 0 radical (unpaired) electrons. The summed E-state index contributed by atoms with van der Waals surface area (Å²) in [4.78, 5) is 25.8. The highest BCUT2D eigenvalue weighted by Gasteiger charge is 2.11. The number of pyridine rings is 1. The van der Waals surface area contributed by atoms with Gasteiger partial charge in [0, 0.05) is 18.3 Å². The average Bonchev–Trinajstić information content (AvgIpc) is 2.53. The molecule has 1 amide bonds. The van der Waals surface area contributed by atoms with Gasteiger partial charge in [0.05, 0.1) is 4.92 Å². The molecule has 0 aliphatic rings. The molecule has 114 valence electrons. The zero-order valence-electron chi connectivity index (χ0n) is 12.0. The summed E-state index contributed by atoms with van der Waals surface area (Å²) in [5.74, 6) is 0. The molecule has 0 atom stereocenters. The van der Waals surface area contributed by atoms with Gasteiger partial charge in [-0.1, -0.05) is 30.3 Å². The van der Waals surface area contributed by atoms with E-state index in [1.807, 2.05) is 30.3 Å². The molecule has 0 aliphatic carbocycles. The molecule has 2 aromatic rings. The molecule has 0 unspecified atom stereocenters. The third-order valence-electron chi connectivity index (χ3n) is 3.02. The number of nitrogens with zero attached hydrogens (tertiary/aromatic N) is 2. The quantitative estimate of drug-likeness (QED) is 0.677. The van der Waals surface area contributed by atoms with E-state index in [0.29, 0.717) is 11.3 Å². The number of hydrogen-bond donors (Lipinski definition) is 1. The Kier molecular flexibility index (Phi) is 5.02. The monoisotopic (exact) mass is 301 g/mol. The van der Waals surface area contributed by atoms with E-state index in [4.69, 9.17) is 4.74 Å². The van der Waals surface area contributed by atoms with Gasteiger partial charge in [-0.05, 0) is 18.1 Å². The van der Waals surface area contributed by atoms with Crippen molar-refractivity contribution in [1.82, 2.24) is 10.3 Å². The van der Waals surface area contributed by atoms with Crippen LogP contribution in [0.5, 0.6) is 0 Å². The summed E-state index contributed by atoms with van der Waals surface area (Å²) in [6.07, 6.45) is 0.599. The normalized spacial score (nSPS) is 10.0. The Morgan fingerprint density at radius 1 is 1.36 bits per heavy atom. The molecule has 7 heteroatoms. The van der Waals surface area contributed by atoms with Crippen molar-refractivity contribution in [1.29, 1.82) is 0 Å². The Hall–Kier alpha value is -2.96. The van der Waals surface area contributed by atoms with Crippen molar-refractivity contribution in [3.8, 4) is 0 Å². The predicted octanol–water partition coefficient (Wildman–Crippen LogP) is 2.72. The van der Waals surface area contributed by atoms with E-state index in [-0.39, 0.29) is 18.8 Å². The van der Waals surface area contributed by atoms with Gasteiger partial charge in [-0.15, -0.1) is 0 Å². The van der Waals surface area contributed by atoms with Gasteiger partial charge in [0.25, 0.3) is 5.69 Å². The van der Waals surface area contributed by atoms with Crippen LogP contribution < -0.4 is 5.32 Å². The van der Waals surface area contributed by atoms with Crippen LogP contribution in [0.2, 0.25) is 0 Å². The molecule has 22 heavy (non-hydrogen) atoms.